The number of non-ortho nitro benzene ring substituents is 1. The Morgan fingerprint density at radius 2 is 1.68 bits per heavy atom. The number of hydrogen-bond acceptors (Lipinski definition) is 4. The molecule has 0 spiro atoms. The summed E-state index contributed by atoms with van der Waals surface area (Å²) in [4.78, 5) is 14.7. The molecule has 0 fully saturated rings. The molecule has 6 heteroatoms. The van der Waals surface area contributed by atoms with Crippen molar-refractivity contribution in [3.05, 3.63) is 70.4 Å². The molecular weight excluding hydrogens is 282 g/mol. The first-order valence-corrected chi connectivity index (χ1v) is 6.67. The van der Waals surface area contributed by atoms with Gasteiger partial charge in [0.05, 0.1) is 16.3 Å². The Bertz CT molecular complexity index is 824. The number of aromatic nitrogens is 2. The molecule has 0 aliphatic heterocycles. The minimum Gasteiger partial charge on any atom is -0.427 e. The molecule has 1 aromatic heterocycles. The van der Waals surface area contributed by atoms with Gasteiger partial charge in [-0.25, -0.2) is 4.98 Å². The fraction of sp³-hybridized carbons (Fsp3) is 0.0625. The van der Waals surface area contributed by atoms with E-state index < -0.39 is 4.92 Å². The van der Waals surface area contributed by atoms with Crippen molar-refractivity contribution >= 4 is 5.69 Å². The predicted octanol–water partition coefficient (Wildman–Crippen LogP) is 3.67. The van der Waals surface area contributed by atoms with Crippen molar-refractivity contribution in [3.8, 4) is 22.6 Å². The molecule has 110 valence electrons. The monoisotopic (exact) mass is 295 g/mol. The summed E-state index contributed by atoms with van der Waals surface area (Å²) in [5.74, 6) is 0.353. The Morgan fingerprint density at radius 3 is 2.27 bits per heavy atom. The summed E-state index contributed by atoms with van der Waals surface area (Å²) < 4.78 is 1.00. The van der Waals surface area contributed by atoms with Gasteiger partial charge in [-0.05, 0) is 19.1 Å². The first-order chi connectivity index (χ1) is 10.6. The molecule has 2 aromatic carbocycles. The van der Waals surface area contributed by atoms with Crippen LogP contribution in [-0.2, 0) is 0 Å². The van der Waals surface area contributed by atoms with Crippen molar-refractivity contribution in [2.75, 3.05) is 0 Å². The van der Waals surface area contributed by atoms with Gasteiger partial charge in [0, 0.05) is 23.3 Å². The van der Waals surface area contributed by atoms with Gasteiger partial charge >= 0.3 is 0 Å². The van der Waals surface area contributed by atoms with Crippen LogP contribution in [0.3, 0.4) is 0 Å². The van der Waals surface area contributed by atoms with Crippen LogP contribution in [0.5, 0.6) is 0 Å². The van der Waals surface area contributed by atoms with E-state index in [1.54, 1.807) is 19.1 Å². The molecule has 0 unspecified atom stereocenters. The van der Waals surface area contributed by atoms with E-state index in [9.17, 15) is 15.3 Å². The zero-order chi connectivity index (χ0) is 15.7. The van der Waals surface area contributed by atoms with Crippen LogP contribution in [0.1, 0.15) is 5.69 Å². The maximum Gasteiger partial charge on any atom is 0.269 e. The minimum atomic E-state index is -0.462. The first kappa shape index (κ1) is 13.8. The lowest BCUT2D eigenvalue weighted by Gasteiger charge is -2.01. The first-order valence-electron chi connectivity index (χ1n) is 6.67. The number of nitro groups is 1. The van der Waals surface area contributed by atoms with Crippen LogP contribution in [0.2, 0.25) is 0 Å². The van der Waals surface area contributed by atoms with Gasteiger partial charge in [-0.3, -0.25) is 10.1 Å². The Labute approximate surface area is 126 Å². The van der Waals surface area contributed by atoms with Gasteiger partial charge in [-0.15, -0.1) is 0 Å². The Morgan fingerprint density at radius 1 is 1.05 bits per heavy atom. The summed E-state index contributed by atoms with van der Waals surface area (Å²) in [6.45, 7) is 1.77. The standard InChI is InChI=1S/C16H13N3O3/c1-11-15(12-5-3-2-4-6-12)17-16(18(11)20)13-7-9-14(10-8-13)19(21)22/h2-10,20H,1H3. The number of imidazole rings is 1. The lowest BCUT2D eigenvalue weighted by atomic mass is 10.1. The summed E-state index contributed by atoms with van der Waals surface area (Å²) in [5, 5.41) is 20.9. The summed E-state index contributed by atoms with van der Waals surface area (Å²) in [6.07, 6.45) is 0. The summed E-state index contributed by atoms with van der Waals surface area (Å²) in [6, 6.07) is 15.5. The van der Waals surface area contributed by atoms with E-state index >= 15 is 0 Å². The van der Waals surface area contributed by atoms with Gasteiger partial charge in [0.1, 0.15) is 0 Å². The summed E-state index contributed by atoms with van der Waals surface area (Å²) in [5.41, 5.74) is 2.80. The maximum atomic E-state index is 10.7. The highest BCUT2D eigenvalue weighted by molar-refractivity contribution is 5.68. The van der Waals surface area contributed by atoms with Gasteiger partial charge in [-0.1, -0.05) is 30.3 Å². The molecule has 0 saturated heterocycles. The topological polar surface area (TPSA) is 81.2 Å². The van der Waals surface area contributed by atoms with Crippen LogP contribution in [0.25, 0.3) is 22.6 Å². The Balaban J connectivity index is 2.07. The van der Waals surface area contributed by atoms with E-state index in [4.69, 9.17) is 0 Å². The second kappa shape index (κ2) is 5.33. The predicted molar refractivity (Wildman–Crippen MR) is 81.7 cm³/mol. The van der Waals surface area contributed by atoms with Crippen molar-refractivity contribution in [2.24, 2.45) is 0 Å². The molecule has 0 radical (unpaired) electrons. The van der Waals surface area contributed by atoms with Crippen molar-refractivity contribution in [2.45, 2.75) is 6.92 Å². The molecule has 22 heavy (non-hydrogen) atoms. The highest BCUT2D eigenvalue weighted by Gasteiger charge is 2.17. The molecule has 0 amide bonds. The highest BCUT2D eigenvalue weighted by Crippen LogP contribution is 2.28. The third-order valence-corrected chi connectivity index (χ3v) is 3.46. The minimum absolute atomic E-state index is 0.000185. The fourth-order valence-electron chi connectivity index (χ4n) is 2.28. The largest absolute Gasteiger partial charge is 0.427 e. The highest BCUT2D eigenvalue weighted by atomic mass is 16.6. The maximum absolute atomic E-state index is 10.7. The van der Waals surface area contributed by atoms with Gasteiger partial charge in [0.15, 0.2) is 5.82 Å². The van der Waals surface area contributed by atoms with Crippen LogP contribution < -0.4 is 0 Å². The second-order valence-corrected chi connectivity index (χ2v) is 4.85. The Kier molecular flexibility index (Phi) is 3.34. The van der Waals surface area contributed by atoms with Crippen LogP contribution in [0.4, 0.5) is 5.69 Å². The van der Waals surface area contributed by atoms with E-state index in [2.05, 4.69) is 4.98 Å². The van der Waals surface area contributed by atoms with Gasteiger partial charge < -0.3 is 5.21 Å². The van der Waals surface area contributed by atoms with E-state index in [1.165, 1.54) is 12.1 Å². The number of nitrogens with zero attached hydrogens (tertiary/aromatic N) is 3. The zero-order valence-electron chi connectivity index (χ0n) is 11.8. The van der Waals surface area contributed by atoms with Crippen molar-refractivity contribution in [3.63, 3.8) is 0 Å². The molecule has 0 atom stereocenters. The molecule has 0 aliphatic carbocycles. The normalized spacial score (nSPS) is 10.6. The molecule has 3 aromatic rings. The van der Waals surface area contributed by atoms with Gasteiger partial charge in [0.25, 0.3) is 5.69 Å². The van der Waals surface area contributed by atoms with Crippen LogP contribution in [0, 0.1) is 17.0 Å². The third-order valence-electron chi connectivity index (χ3n) is 3.46. The molecule has 3 rings (SSSR count). The quantitative estimate of drug-likeness (QED) is 0.454. The molecule has 1 heterocycles. The summed E-state index contributed by atoms with van der Waals surface area (Å²) in [7, 11) is 0. The lowest BCUT2D eigenvalue weighted by molar-refractivity contribution is -0.384. The van der Waals surface area contributed by atoms with Crippen molar-refractivity contribution in [1.29, 1.82) is 0 Å². The zero-order valence-corrected chi connectivity index (χ0v) is 11.8. The van der Waals surface area contributed by atoms with Crippen LogP contribution >= 0.6 is 0 Å². The SMILES string of the molecule is Cc1c(-c2ccccc2)nc(-c2ccc([N+](=O)[O-])cc2)n1O. The Hall–Kier alpha value is -3.15. The van der Waals surface area contributed by atoms with Gasteiger partial charge in [-0.2, -0.15) is 4.73 Å². The van der Waals surface area contributed by atoms with Crippen molar-refractivity contribution < 1.29 is 10.1 Å². The fourth-order valence-corrected chi connectivity index (χ4v) is 2.28. The smallest absolute Gasteiger partial charge is 0.269 e. The van der Waals surface area contributed by atoms with Crippen LogP contribution in [-0.4, -0.2) is 19.8 Å². The summed E-state index contributed by atoms with van der Waals surface area (Å²) >= 11 is 0. The van der Waals surface area contributed by atoms with E-state index in [0.717, 1.165) is 10.3 Å². The number of benzene rings is 2. The molecule has 1 N–H and O–H groups in total. The molecule has 6 nitrogen and oxygen atoms in total. The second-order valence-electron chi connectivity index (χ2n) is 4.85. The molecule has 0 aliphatic rings. The lowest BCUT2D eigenvalue weighted by Crippen LogP contribution is -1.96. The average Bonchev–Trinajstić information content (AvgIpc) is 2.84. The molecule has 0 bridgehead atoms. The number of nitro benzene ring substituents is 1. The third kappa shape index (κ3) is 2.31. The van der Waals surface area contributed by atoms with Crippen molar-refractivity contribution in [1.82, 2.24) is 9.71 Å². The van der Waals surface area contributed by atoms with E-state index in [1.807, 2.05) is 30.3 Å². The molecule has 0 saturated carbocycles. The van der Waals surface area contributed by atoms with Gasteiger partial charge in [0.2, 0.25) is 0 Å². The van der Waals surface area contributed by atoms with E-state index in [-0.39, 0.29) is 5.69 Å². The van der Waals surface area contributed by atoms with E-state index in [0.29, 0.717) is 22.8 Å². The number of rotatable bonds is 3. The molecular formula is C16H13N3O3. The number of hydrogen-bond donors (Lipinski definition) is 1. The average molecular weight is 295 g/mol. The van der Waals surface area contributed by atoms with Crippen LogP contribution in [0.15, 0.2) is 54.6 Å².